The third-order valence-corrected chi connectivity index (χ3v) is 6.39. The lowest BCUT2D eigenvalue weighted by atomic mass is 10.1. The Hall–Kier alpha value is -2.38. The molecule has 1 fully saturated rings. The summed E-state index contributed by atoms with van der Waals surface area (Å²) in [6, 6.07) is 11.4. The third kappa shape index (κ3) is 4.48. The van der Waals surface area contributed by atoms with Gasteiger partial charge >= 0.3 is 0 Å². The zero-order chi connectivity index (χ0) is 19.6. The second-order valence-corrected chi connectivity index (χ2v) is 8.69. The summed E-state index contributed by atoms with van der Waals surface area (Å²) in [5, 5.41) is 2.80. The van der Waals surface area contributed by atoms with Crippen LogP contribution in [-0.2, 0) is 21.4 Å². The highest BCUT2D eigenvalue weighted by molar-refractivity contribution is 7.89. The third-order valence-electron chi connectivity index (χ3n) is 4.68. The Kier molecular flexibility index (Phi) is 5.53. The smallest absolute Gasteiger partial charge is 0.241 e. The van der Waals surface area contributed by atoms with E-state index in [-0.39, 0.29) is 12.5 Å². The average molecular weight is 388 g/mol. The van der Waals surface area contributed by atoms with Crippen LogP contribution in [0.2, 0.25) is 0 Å². The number of hydrogen-bond acceptors (Lipinski definition) is 4. The maximum Gasteiger partial charge on any atom is 0.241 e. The van der Waals surface area contributed by atoms with Crippen molar-refractivity contribution < 1.29 is 13.2 Å². The number of hydrogen-bond donors (Lipinski definition) is 2. The van der Waals surface area contributed by atoms with Gasteiger partial charge in [0.05, 0.1) is 11.4 Å². The molecule has 2 aromatic carbocycles. The molecule has 0 bridgehead atoms. The molecule has 0 aromatic heterocycles. The van der Waals surface area contributed by atoms with Crippen molar-refractivity contribution in [2.75, 3.05) is 24.5 Å². The predicted molar refractivity (Wildman–Crippen MR) is 106 cm³/mol. The molecular formula is C20H25N3O3S. The monoisotopic (exact) mass is 387 g/mol. The molecular weight excluding hydrogens is 362 g/mol. The van der Waals surface area contributed by atoms with Gasteiger partial charge in [-0.05, 0) is 49.6 Å². The molecule has 2 N–H and O–H groups in total. The Bertz CT molecular complexity index is 930. The van der Waals surface area contributed by atoms with Crippen molar-refractivity contribution in [2.24, 2.45) is 0 Å². The number of carbonyl (C=O) groups is 1. The Morgan fingerprint density at radius 3 is 2.30 bits per heavy atom. The van der Waals surface area contributed by atoms with Gasteiger partial charge < -0.3 is 10.2 Å². The largest absolute Gasteiger partial charge is 0.360 e. The minimum Gasteiger partial charge on any atom is -0.360 e. The fraction of sp³-hybridized carbons (Fsp3) is 0.350. The van der Waals surface area contributed by atoms with E-state index in [1.807, 2.05) is 62.1 Å². The summed E-state index contributed by atoms with van der Waals surface area (Å²) in [4.78, 5) is 13.9. The van der Waals surface area contributed by atoms with Crippen molar-refractivity contribution in [3.63, 3.8) is 0 Å². The molecule has 1 heterocycles. The van der Waals surface area contributed by atoms with Crippen LogP contribution in [0.25, 0.3) is 0 Å². The van der Waals surface area contributed by atoms with Crippen molar-refractivity contribution in [2.45, 2.75) is 32.2 Å². The number of nitrogens with zero attached hydrogens (tertiary/aromatic N) is 1. The van der Waals surface area contributed by atoms with E-state index < -0.39 is 10.0 Å². The fourth-order valence-corrected chi connectivity index (χ4v) is 4.99. The number of amides is 1. The van der Waals surface area contributed by atoms with Gasteiger partial charge in [0.25, 0.3) is 0 Å². The maximum absolute atomic E-state index is 12.7. The van der Waals surface area contributed by atoms with Crippen LogP contribution in [0, 0.1) is 20.8 Å². The van der Waals surface area contributed by atoms with Gasteiger partial charge in [-0.15, -0.1) is 0 Å². The number of benzene rings is 2. The van der Waals surface area contributed by atoms with Crippen molar-refractivity contribution in [1.82, 2.24) is 10.0 Å². The molecule has 1 amide bonds. The van der Waals surface area contributed by atoms with Gasteiger partial charge in [-0.25, -0.2) is 13.1 Å². The van der Waals surface area contributed by atoms with Crippen molar-refractivity contribution in [3.8, 4) is 0 Å². The SMILES string of the molecule is Cc1cc(C)c(S(=O)(=O)NCc2ccc(N3CCNC(=O)C3)cc2)c(C)c1. The minimum atomic E-state index is -3.59. The molecule has 6 nitrogen and oxygen atoms in total. The highest BCUT2D eigenvalue weighted by atomic mass is 32.2. The lowest BCUT2D eigenvalue weighted by molar-refractivity contribution is -0.120. The topological polar surface area (TPSA) is 78.5 Å². The van der Waals surface area contributed by atoms with Crippen LogP contribution in [0.4, 0.5) is 5.69 Å². The first-order valence-electron chi connectivity index (χ1n) is 8.94. The second-order valence-electron chi connectivity index (χ2n) is 6.99. The van der Waals surface area contributed by atoms with Crippen molar-refractivity contribution >= 4 is 21.6 Å². The molecule has 1 saturated heterocycles. The number of sulfonamides is 1. The minimum absolute atomic E-state index is 0.0157. The molecule has 0 unspecified atom stereocenters. The molecule has 2 aromatic rings. The Morgan fingerprint density at radius 2 is 1.70 bits per heavy atom. The van der Waals surface area contributed by atoms with Gasteiger partial charge in [0, 0.05) is 25.3 Å². The Balaban J connectivity index is 1.70. The van der Waals surface area contributed by atoms with E-state index in [9.17, 15) is 13.2 Å². The van der Waals surface area contributed by atoms with Crippen LogP contribution in [0.15, 0.2) is 41.3 Å². The summed E-state index contributed by atoms with van der Waals surface area (Å²) in [6.07, 6.45) is 0. The predicted octanol–water partition coefficient (Wildman–Crippen LogP) is 2.03. The zero-order valence-electron chi connectivity index (χ0n) is 15.9. The molecule has 0 saturated carbocycles. The normalized spacial score (nSPS) is 14.9. The Labute approximate surface area is 160 Å². The Morgan fingerprint density at radius 1 is 1.07 bits per heavy atom. The quantitative estimate of drug-likeness (QED) is 0.823. The van der Waals surface area contributed by atoms with E-state index in [0.29, 0.717) is 18.0 Å². The van der Waals surface area contributed by atoms with Gasteiger partial charge in [-0.1, -0.05) is 29.8 Å². The summed E-state index contributed by atoms with van der Waals surface area (Å²) >= 11 is 0. The number of aryl methyl sites for hydroxylation is 3. The number of rotatable bonds is 5. The summed E-state index contributed by atoms with van der Waals surface area (Å²) in [5.41, 5.74) is 4.37. The van der Waals surface area contributed by atoms with Gasteiger partial charge in [-0.2, -0.15) is 0 Å². The van der Waals surface area contributed by atoms with Crippen molar-refractivity contribution in [1.29, 1.82) is 0 Å². The highest BCUT2D eigenvalue weighted by Crippen LogP contribution is 2.22. The standard InChI is InChI=1S/C20H25N3O3S/c1-14-10-15(2)20(16(3)11-14)27(25,26)22-12-17-4-6-18(7-5-17)23-9-8-21-19(24)13-23/h4-7,10-11,22H,8-9,12-13H2,1-3H3,(H,21,24). The first-order chi connectivity index (χ1) is 12.8. The van der Waals surface area contributed by atoms with E-state index in [4.69, 9.17) is 0 Å². The molecule has 7 heteroatoms. The maximum atomic E-state index is 12.7. The van der Waals surface area contributed by atoms with Crippen molar-refractivity contribution in [3.05, 3.63) is 58.7 Å². The summed E-state index contributed by atoms with van der Waals surface area (Å²) in [6.45, 7) is 7.56. The van der Waals surface area contributed by atoms with Crippen LogP contribution in [0.1, 0.15) is 22.3 Å². The van der Waals surface area contributed by atoms with Crippen LogP contribution in [0.3, 0.4) is 0 Å². The number of carbonyl (C=O) groups excluding carboxylic acids is 1. The van der Waals surface area contributed by atoms with E-state index in [1.165, 1.54) is 0 Å². The first kappa shape index (κ1) is 19.4. The summed E-state index contributed by atoms with van der Waals surface area (Å²) < 4.78 is 28.2. The molecule has 144 valence electrons. The lowest BCUT2D eigenvalue weighted by Gasteiger charge is -2.28. The summed E-state index contributed by atoms with van der Waals surface area (Å²) in [5.74, 6) is 0.0157. The second kappa shape index (κ2) is 7.70. The zero-order valence-corrected chi connectivity index (χ0v) is 16.7. The average Bonchev–Trinajstić information content (AvgIpc) is 2.59. The molecule has 0 spiro atoms. The number of anilines is 1. The van der Waals surface area contributed by atoms with E-state index in [2.05, 4.69) is 10.0 Å². The molecule has 0 radical (unpaired) electrons. The fourth-order valence-electron chi connectivity index (χ4n) is 3.52. The number of piperazine rings is 1. The van der Waals surface area contributed by atoms with Gasteiger partial charge in [0.15, 0.2) is 0 Å². The van der Waals surface area contributed by atoms with Gasteiger partial charge in [-0.3, -0.25) is 4.79 Å². The van der Waals surface area contributed by atoms with E-state index in [0.717, 1.165) is 34.5 Å². The van der Waals surface area contributed by atoms with Crippen LogP contribution in [-0.4, -0.2) is 34.0 Å². The molecule has 0 atom stereocenters. The molecule has 3 rings (SSSR count). The molecule has 27 heavy (non-hydrogen) atoms. The van der Waals surface area contributed by atoms with Crippen LogP contribution < -0.4 is 14.9 Å². The highest BCUT2D eigenvalue weighted by Gasteiger charge is 2.20. The molecule has 1 aliphatic heterocycles. The summed E-state index contributed by atoms with van der Waals surface area (Å²) in [7, 11) is -3.59. The lowest BCUT2D eigenvalue weighted by Crippen LogP contribution is -2.47. The van der Waals surface area contributed by atoms with Crippen LogP contribution in [0.5, 0.6) is 0 Å². The van der Waals surface area contributed by atoms with Crippen LogP contribution >= 0.6 is 0 Å². The molecule has 1 aliphatic rings. The van der Waals surface area contributed by atoms with Gasteiger partial charge in [0.2, 0.25) is 15.9 Å². The van der Waals surface area contributed by atoms with E-state index in [1.54, 1.807) is 0 Å². The van der Waals surface area contributed by atoms with E-state index >= 15 is 0 Å². The van der Waals surface area contributed by atoms with Gasteiger partial charge in [0.1, 0.15) is 0 Å². The first-order valence-corrected chi connectivity index (χ1v) is 10.4. The number of nitrogens with one attached hydrogen (secondary N) is 2. The molecule has 0 aliphatic carbocycles.